The van der Waals surface area contributed by atoms with Crippen LogP contribution in [0.5, 0.6) is 5.75 Å². The molecule has 0 saturated carbocycles. The summed E-state index contributed by atoms with van der Waals surface area (Å²) in [6.45, 7) is 2.56. The molecule has 1 amide bonds. The van der Waals surface area contributed by atoms with Crippen molar-refractivity contribution in [3.63, 3.8) is 0 Å². The molecule has 1 aromatic carbocycles. The Morgan fingerprint density at radius 1 is 1.17 bits per heavy atom. The maximum Gasteiger partial charge on any atom is 0.417 e. The van der Waals surface area contributed by atoms with Gasteiger partial charge in [-0.05, 0) is 41.6 Å². The minimum atomic E-state index is -5.22. The van der Waals surface area contributed by atoms with Crippen molar-refractivity contribution in [1.82, 2.24) is 9.97 Å². The van der Waals surface area contributed by atoms with Gasteiger partial charge in [-0.15, -0.1) is 0 Å². The Morgan fingerprint density at radius 2 is 1.80 bits per heavy atom. The Bertz CT molecular complexity index is 937. The first-order valence-corrected chi connectivity index (χ1v) is 9.17. The van der Waals surface area contributed by atoms with Crippen LogP contribution in [0, 0.1) is 5.82 Å². The molecule has 0 aliphatic rings. The van der Waals surface area contributed by atoms with Crippen molar-refractivity contribution in [2.45, 2.75) is 43.9 Å². The fourth-order valence-electron chi connectivity index (χ4n) is 3.05. The smallest absolute Gasteiger partial charge is 0.417 e. The zero-order chi connectivity index (χ0) is 22.9. The lowest BCUT2D eigenvalue weighted by molar-refractivity contribution is -0.266. The topological polar surface area (TPSA) is 95.3 Å². The van der Waals surface area contributed by atoms with Crippen molar-refractivity contribution in [2.24, 2.45) is 0 Å². The molecule has 0 saturated heterocycles. The number of nitrogens with zero attached hydrogens (tertiary/aromatic N) is 2. The standard InChI is InChI=1S/C18H17Cl2F4N3O3/c1-16(2,10-5-9(21)3-4-11(10)28)8-17(30,18(22,23)24)7-14(29)26-13-6-12(19)25-15(20)27-13/h3-6,28,30H,7-8H2,1-2H3,(H,25,26,27,29). The number of alkyl halides is 3. The van der Waals surface area contributed by atoms with E-state index in [-0.39, 0.29) is 21.8 Å². The Balaban J connectivity index is 2.31. The van der Waals surface area contributed by atoms with Crippen LogP contribution in [0.2, 0.25) is 10.4 Å². The highest BCUT2D eigenvalue weighted by Gasteiger charge is 2.57. The highest BCUT2D eigenvalue weighted by molar-refractivity contribution is 6.32. The van der Waals surface area contributed by atoms with E-state index in [1.807, 2.05) is 0 Å². The molecule has 0 fully saturated rings. The number of carbonyl (C=O) groups is 1. The number of aromatic hydroxyl groups is 1. The quantitative estimate of drug-likeness (QED) is 0.326. The average molecular weight is 470 g/mol. The van der Waals surface area contributed by atoms with Crippen molar-refractivity contribution >= 4 is 34.9 Å². The van der Waals surface area contributed by atoms with E-state index in [9.17, 15) is 32.6 Å². The van der Waals surface area contributed by atoms with Gasteiger partial charge >= 0.3 is 6.18 Å². The summed E-state index contributed by atoms with van der Waals surface area (Å²) in [5.41, 5.74) is -5.21. The van der Waals surface area contributed by atoms with Gasteiger partial charge in [-0.25, -0.2) is 14.4 Å². The summed E-state index contributed by atoms with van der Waals surface area (Å²) < 4.78 is 54.7. The summed E-state index contributed by atoms with van der Waals surface area (Å²) in [6.07, 6.45) is -7.65. The molecule has 1 unspecified atom stereocenters. The molecule has 12 heteroatoms. The number of phenols is 1. The maximum absolute atomic E-state index is 13.7. The van der Waals surface area contributed by atoms with Gasteiger partial charge in [-0.1, -0.05) is 25.4 Å². The Kier molecular flexibility index (Phi) is 6.85. The van der Waals surface area contributed by atoms with Crippen molar-refractivity contribution in [2.75, 3.05) is 5.32 Å². The third-order valence-corrected chi connectivity index (χ3v) is 4.70. The number of phenolic OH excluding ortho intramolecular Hbond substituents is 1. The summed E-state index contributed by atoms with van der Waals surface area (Å²) >= 11 is 11.2. The number of halogens is 6. The van der Waals surface area contributed by atoms with Gasteiger partial charge in [0.25, 0.3) is 0 Å². The molecular formula is C18H17Cl2F4N3O3. The first-order chi connectivity index (χ1) is 13.6. The Hall–Kier alpha value is -2.17. The van der Waals surface area contributed by atoms with Crippen LogP contribution < -0.4 is 5.32 Å². The number of aliphatic hydroxyl groups is 1. The summed E-state index contributed by atoms with van der Waals surface area (Å²) in [4.78, 5) is 19.4. The number of amides is 1. The van der Waals surface area contributed by atoms with Crippen LogP contribution in [0.3, 0.4) is 0 Å². The number of aromatic nitrogens is 2. The second kappa shape index (κ2) is 8.52. The van der Waals surface area contributed by atoms with Crippen molar-refractivity contribution in [3.8, 4) is 5.75 Å². The first-order valence-electron chi connectivity index (χ1n) is 8.41. The summed E-state index contributed by atoms with van der Waals surface area (Å²) in [5.74, 6) is -2.70. The molecule has 1 heterocycles. The molecule has 1 aromatic heterocycles. The lowest BCUT2D eigenvalue weighted by atomic mass is 9.73. The van der Waals surface area contributed by atoms with E-state index >= 15 is 0 Å². The van der Waals surface area contributed by atoms with Gasteiger partial charge in [0.2, 0.25) is 11.2 Å². The molecular weight excluding hydrogens is 453 g/mol. The van der Waals surface area contributed by atoms with Gasteiger partial charge in [0.15, 0.2) is 5.60 Å². The normalized spacial score (nSPS) is 14.3. The summed E-state index contributed by atoms with van der Waals surface area (Å²) in [6, 6.07) is 3.87. The van der Waals surface area contributed by atoms with Crippen LogP contribution in [0.15, 0.2) is 24.3 Å². The van der Waals surface area contributed by atoms with Crippen LogP contribution in [-0.2, 0) is 10.2 Å². The molecule has 3 N–H and O–H groups in total. The molecule has 164 valence electrons. The van der Waals surface area contributed by atoms with E-state index < -0.39 is 47.5 Å². The third kappa shape index (κ3) is 5.71. The molecule has 0 bridgehead atoms. The molecule has 1 atom stereocenters. The molecule has 2 aromatic rings. The second-order valence-corrected chi connectivity index (χ2v) is 8.05. The fraction of sp³-hybridized carbons (Fsp3) is 0.389. The molecule has 0 radical (unpaired) electrons. The largest absolute Gasteiger partial charge is 0.508 e. The molecule has 0 aliphatic carbocycles. The maximum atomic E-state index is 13.7. The number of anilines is 1. The van der Waals surface area contributed by atoms with Crippen LogP contribution in [0.1, 0.15) is 32.3 Å². The predicted molar refractivity (Wildman–Crippen MR) is 102 cm³/mol. The zero-order valence-electron chi connectivity index (χ0n) is 15.7. The lowest BCUT2D eigenvalue weighted by Crippen LogP contribution is -2.51. The average Bonchev–Trinajstić information content (AvgIpc) is 2.54. The number of nitrogens with one attached hydrogen (secondary N) is 1. The first kappa shape index (κ1) is 24.1. The highest BCUT2D eigenvalue weighted by atomic mass is 35.5. The van der Waals surface area contributed by atoms with E-state index in [0.717, 1.165) is 24.3 Å². The Labute approximate surface area is 178 Å². The van der Waals surface area contributed by atoms with Crippen LogP contribution in [0.25, 0.3) is 0 Å². The van der Waals surface area contributed by atoms with E-state index in [0.29, 0.717) is 0 Å². The highest BCUT2D eigenvalue weighted by Crippen LogP contribution is 2.45. The third-order valence-electron chi connectivity index (χ3n) is 4.34. The van der Waals surface area contributed by atoms with Crippen molar-refractivity contribution < 1.29 is 32.6 Å². The molecule has 0 spiro atoms. The van der Waals surface area contributed by atoms with Crippen LogP contribution >= 0.6 is 23.2 Å². The molecule has 30 heavy (non-hydrogen) atoms. The monoisotopic (exact) mass is 469 g/mol. The summed E-state index contributed by atoms with van der Waals surface area (Å²) in [7, 11) is 0. The minimum absolute atomic E-state index is 0.153. The zero-order valence-corrected chi connectivity index (χ0v) is 17.2. The van der Waals surface area contributed by atoms with Gasteiger partial charge in [-0.2, -0.15) is 13.2 Å². The van der Waals surface area contributed by atoms with Gasteiger partial charge in [0.1, 0.15) is 22.5 Å². The molecule has 6 nitrogen and oxygen atoms in total. The van der Waals surface area contributed by atoms with Gasteiger partial charge in [0.05, 0.1) is 6.42 Å². The van der Waals surface area contributed by atoms with Crippen LogP contribution in [-0.4, -0.2) is 37.9 Å². The van der Waals surface area contributed by atoms with Gasteiger partial charge in [-0.3, -0.25) is 4.79 Å². The SMILES string of the molecule is CC(C)(CC(O)(CC(=O)Nc1cc(Cl)nc(Cl)n1)C(F)(F)F)c1cc(F)ccc1O. The summed E-state index contributed by atoms with van der Waals surface area (Å²) in [5, 5.41) is 21.9. The Morgan fingerprint density at radius 3 is 2.37 bits per heavy atom. The van der Waals surface area contributed by atoms with E-state index in [4.69, 9.17) is 23.2 Å². The predicted octanol–water partition coefficient (Wildman–Crippen LogP) is 4.62. The van der Waals surface area contributed by atoms with Crippen molar-refractivity contribution in [3.05, 3.63) is 46.1 Å². The fourth-order valence-corrected chi connectivity index (χ4v) is 3.45. The van der Waals surface area contributed by atoms with Crippen molar-refractivity contribution in [1.29, 1.82) is 0 Å². The number of rotatable bonds is 6. The number of carbonyl (C=O) groups excluding carboxylic acids is 1. The number of hydrogen-bond donors (Lipinski definition) is 3. The molecule has 0 aliphatic heterocycles. The lowest BCUT2D eigenvalue weighted by Gasteiger charge is -2.37. The van der Waals surface area contributed by atoms with Crippen LogP contribution in [0.4, 0.5) is 23.4 Å². The minimum Gasteiger partial charge on any atom is -0.508 e. The van der Waals surface area contributed by atoms with Gasteiger partial charge < -0.3 is 15.5 Å². The van der Waals surface area contributed by atoms with Gasteiger partial charge in [0, 0.05) is 11.6 Å². The van der Waals surface area contributed by atoms with E-state index in [2.05, 4.69) is 15.3 Å². The van der Waals surface area contributed by atoms with E-state index in [1.54, 1.807) is 0 Å². The second-order valence-electron chi connectivity index (χ2n) is 7.32. The number of benzene rings is 1. The number of hydrogen-bond acceptors (Lipinski definition) is 5. The van der Waals surface area contributed by atoms with E-state index in [1.165, 1.54) is 13.8 Å². The molecule has 2 rings (SSSR count).